The summed E-state index contributed by atoms with van der Waals surface area (Å²) < 4.78 is 0. The number of amides is 1. The predicted octanol–water partition coefficient (Wildman–Crippen LogP) is 4.63. The van der Waals surface area contributed by atoms with E-state index >= 15 is 0 Å². The van der Waals surface area contributed by atoms with E-state index in [1.165, 1.54) is 6.08 Å². The fourth-order valence-electron chi connectivity index (χ4n) is 2.22. The van der Waals surface area contributed by atoms with Crippen LogP contribution in [0, 0.1) is 0 Å². The average Bonchev–Trinajstić information content (AvgIpc) is 3.14. The molecule has 1 aromatic heterocycles. The molecule has 3 nitrogen and oxygen atoms in total. The molecule has 0 saturated carbocycles. The highest BCUT2D eigenvalue weighted by molar-refractivity contribution is 7.10. The number of rotatable bonds is 5. The summed E-state index contributed by atoms with van der Waals surface area (Å²) in [4.78, 5) is 25.4. The smallest absolute Gasteiger partial charge is 0.248 e. The van der Waals surface area contributed by atoms with Gasteiger partial charge in [-0.05, 0) is 29.7 Å². The van der Waals surface area contributed by atoms with Crippen LogP contribution in [0.5, 0.6) is 0 Å². The second kappa shape index (κ2) is 7.53. The Hall–Kier alpha value is -2.98. The molecule has 2 aromatic carbocycles. The van der Waals surface area contributed by atoms with Gasteiger partial charge in [-0.2, -0.15) is 0 Å². The first-order valence-corrected chi connectivity index (χ1v) is 8.33. The zero-order chi connectivity index (χ0) is 16.8. The highest BCUT2D eigenvalue weighted by Crippen LogP contribution is 2.15. The lowest BCUT2D eigenvalue weighted by molar-refractivity contribution is -0.111. The monoisotopic (exact) mass is 333 g/mol. The Morgan fingerprint density at radius 1 is 0.875 bits per heavy atom. The summed E-state index contributed by atoms with van der Waals surface area (Å²) in [7, 11) is 0. The van der Waals surface area contributed by atoms with Crippen molar-refractivity contribution in [2.75, 3.05) is 5.32 Å². The summed E-state index contributed by atoms with van der Waals surface area (Å²) in [6, 6.07) is 19.9. The van der Waals surface area contributed by atoms with Crippen LogP contribution in [-0.4, -0.2) is 11.7 Å². The lowest BCUT2D eigenvalue weighted by atomic mass is 10.0. The number of nitrogens with one attached hydrogen (secondary N) is 1. The standard InChI is InChI=1S/C20H15NO2S/c22-19(12-11-18-10-5-13-24-18)21-17-9-4-8-16(14-17)20(23)15-6-2-1-3-7-15/h1-14H,(H,21,22)/b12-11+. The van der Waals surface area contributed by atoms with Gasteiger partial charge in [0.2, 0.25) is 5.91 Å². The van der Waals surface area contributed by atoms with Gasteiger partial charge in [0.1, 0.15) is 0 Å². The maximum atomic E-state index is 12.4. The van der Waals surface area contributed by atoms with E-state index in [2.05, 4.69) is 5.32 Å². The molecule has 4 heteroatoms. The summed E-state index contributed by atoms with van der Waals surface area (Å²) in [6.45, 7) is 0. The van der Waals surface area contributed by atoms with Crippen molar-refractivity contribution >= 4 is 34.8 Å². The van der Waals surface area contributed by atoms with E-state index in [1.54, 1.807) is 53.8 Å². The molecule has 24 heavy (non-hydrogen) atoms. The van der Waals surface area contributed by atoms with Crippen LogP contribution >= 0.6 is 11.3 Å². The lowest BCUT2D eigenvalue weighted by Gasteiger charge is -2.05. The van der Waals surface area contributed by atoms with Crippen LogP contribution in [0.4, 0.5) is 5.69 Å². The molecule has 118 valence electrons. The van der Waals surface area contributed by atoms with Gasteiger partial charge in [0.15, 0.2) is 5.78 Å². The zero-order valence-electron chi connectivity index (χ0n) is 12.8. The number of anilines is 1. The number of carbonyl (C=O) groups excluding carboxylic acids is 2. The van der Waals surface area contributed by atoms with E-state index in [0.29, 0.717) is 16.8 Å². The molecule has 1 amide bonds. The van der Waals surface area contributed by atoms with E-state index in [1.807, 2.05) is 35.7 Å². The largest absolute Gasteiger partial charge is 0.322 e. The Bertz CT molecular complexity index is 868. The Morgan fingerprint density at radius 2 is 1.67 bits per heavy atom. The molecule has 0 spiro atoms. The van der Waals surface area contributed by atoms with Crippen molar-refractivity contribution in [2.24, 2.45) is 0 Å². The van der Waals surface area contributed by atoms with Gasteiger partial charge in [0.25, 0.3) is 0 Å². The Morgan fingerprint density at radius 3 is 2.42 bits per heavy atom. The third kappa shape index (κ3) is 4.06. The fourth-order valence-corrected chi connectivity index (χ4v) is 2.84. The van der Waals surface area contributed by atoms with Gasteiger partial charge in [0, 0.05) is 27.8 Å². The molecule has 1 heterocycles. The second-order valence-electron chi connectivity index (χ2n) is 5.11. The van der Waals surface area contributed by atoms with Crippen molar-refractivity contribution < 1.29 is 9.59 Å². The van der Waals surface area contributed by atoms with Gasteiger partial charge in [-0.15, -0.1) is 11.3 Å². The van der Waals surface area contributed by atoms with Gasteiger partial charge in [-0.3, -0.25) is 9.59 Å². The first-order valence-electron chi connectivity index (χ1n) is 7.45. The van der Waals surface area contributed by atoms with Crippen LogP contribution in [-0.2, 0) is 4.79 Å². The predicted molar refractivity (Wildman–Crippen MR) is 98.3 cm³/mol. The van der Waals surface area contributed by atoms with E-state index in [4.69, 9.17) is 0 Å². The van der Waals surface area contributed by atoms with Gasteiger partial charge in [-0.1, -0.05) is 48.5 Å². The van der Waals surface area contributed by atoms with Gasteiger partial charge >= 0.3 is 0 Å². The number of benzene rings is 2. The maximum absolute atomic E-state index is 12.4. The minimum absolute atomic E-state index is 0.0687. The Balaban J connectivity index is 1.71. The average molecular weight is 333 g/mol. The lowest BCUT2D eigenvalue weighted by Crippen LogP contribution is -2.09. The van der Waals surface area contributed by atoms with Crippen LogP contribution in [0.3, 0.4) is 0 Å². The quantitative estimate of drug-likeness (QED) is 0.546. The highest BCUT2D eigenvalue weighted by atomic mass is 32.1. The van der Waals surface area contributed by atoms with Crippen LogP contribution in [0.2, 0.25) is 0 Å². The molecule has 0 aliphatic rings. The molecule has 0 atom stereocenters. The maximum Gasteiger partial charge on any atom is 0.248 e. The SMILES string of the molecule is O=C(/C=C/c1cccs1)Nc1cccc(C(=O)c2ccccc2)c1. The minimum atomic E-state index is -0.229. The molecular formula is C20H15NO2S. The third-order valence-corrected chi connectivity index (χ3v) is 4.21. The molecule has 0 bridgehead atoms. The van der Waals surface area contributed by atoms with Gasteiger partial charge < -0.3 is 5.32 Å². The van der Waals surface area contributed by atoms with E-state index in [9.17, 15) is 9.59 Å². The molecule has 0 aliphatic carbocycles. The molecule has 3 aromatic rings. The number of hydrogen-bond acceptors (Lipinski definition) is 3. The topological polar surface area (TPSA) is 46.2 Å². The highest BCUT2D eigenvalue weighted by Gasteiger charge is 2.09. The molecule has 0 fully saturated rings. The van der Waals surface area contributed by atoms with Crippen molar-refractivity contribution in [3.05, 3.63) is 94.2 Å². The summed E-state index contributed by atoms with van der Waals surface area (Å²) in [5.74, 6) is -0.298. The van der Waals surface area contributed by atoms with Gasteiger partial charge in [0.05, 0.1) is 0 Å². The molecule has 1 N–H and O–H groups in total. The summed E-state index contributed by atoms with van der Waals surface area (Å²) in [5.41, 5.74) is 1.76. The molecule has 3 rings (SSSR count). The molecule has 0 aliphatic heterocycles. The van der Waals surface area contributed by atoms with Crippen molar-refractivity contribution in [3.8, 4) is 0 Å². The Labute approximate surface area is 144 Å². The van der Waals surface area contributed by atoms with E-state index < -0.39 is 0 Å². The summed E-state index contributed by atoms with van der Waals surface area (Å²) in [6.07, 6.45) is 3.25. The van der Waals surface area contributed by atoms with Crippen LogP contribution < -0.4 is 5.32 Å². The normalized spacial score (nSPS) is 10.7. The molecule has 0 radical (unpaired) electrons. The zero-order valence-corrected chi connectivity index (χ0v) is 13.6. The number of thiophene rings is 1. The van der Waals surface area contributed by atoms with Crippen molar-refractivity contribution in [3.63, 3.8) is 0 Å². The van der Waals surface area contributed by atoms with Crippen molar-refractivity contribution in [2.45, 2.75) is 0 Å². The van der Waals surface area contributed by atoms with Crippen molar-refractivity contribution in [1.82, 2.24) is 0 Å². The van der Waals surface area contributed by atoms with Gasteiger partial charge in [-0.25, -0.2) is 0 Å². The first kappa shape index (κ1) is 15.9. The van der Waals surface area contributed by atoms with Crippen molar-refractivity contribution in [1.29, 1.82) is 0 Å². The van der Waals surface area contributed by atoms with E-state index in [0.717, 1.165) is 4.88 Å². The minimum Gasteiger partial charge on any atom is -0.322 e. The molecular weight excluding hydrogens is 318 g/mol. The number of carbonyl (C=O) groups is 2. The van der Waals surface area contributed by atoms with Crippen LogP contribution in [0.1, 0.15) is 20.8 Å². The fraction of sp³-hybridized carbons (Fsp3) is 0. The van der Waals surface area contributed by atoms with E-state index in [-0.39, 0.29) is 11.7 Å². The number of ketones is 1. The molecule has 0 saturated heterocycles. The molecule has 0 unspecified atom stereocenters. The first-order chi connectivity index (χ1) is 11.7. The summed E-state index contributed by atoms with van der Waals surface area (Å²) >= 11 is 1.56. The van der Waals surface area contributed by atoms with Crippen LogP contribution in [0.15, 0.2) is 78.2 Å². The van der Waals surface area contributed by atoms with Crippen LogP contribution in [0.25, 0.3) is 6.08 Å². The number of hydrogen-bond donors (Lipinski definition) is 1. The third-order valence-electron chi connectivity index (χ3n) is 3.37. The Kier molecular flexibility index (Phi) is 4.99. The summed E-state index contributed by atoms with van der Waals surface area (Å²) in [5, 5.41) is 4.73. The second-order valence-corrected chi connectivity index (χ2v) is 6.09.